The van der Waals surface area contributed by atoms with E-state index >= 15 is 0 Å². The summed E-state index contributed by atoms with van der Waals surface area (Å²) in [6, 6.07) is 15.9. The predicted octanol–water partition coefficient (Wildman–Crippen LogP) is 6.57. The van der Waals surface area contributed by atoms with E-state index in [-0.39, 0.29) is 34.5 Å². The Labute approximate surface area is 250 Å². The van der Waals surface area contributed by atoms with Crippen LogP contribution in [0, 0.1) is 12.7 Å². The van der Waals surface area contributed by atoms with Gasteiger partial charge in [0.1, 0.15) is 23.9 Å². The van der Waals surface area contributed by atoms with Crippen molar-refractivity contribution >= 4 is 34.1 Å². The summed E-state index contributed by atoms with van der Waals surface area (Å²) in [5.74, 6) is -0.278. The number of halogens is 3. The van der Waals surface area contributed by atoms with Gasteiger partial charge >= 0.3 is 0 Å². The van der Waals surface area contributed by atoms with Crippen LogP contribution in [0.15, 0.2) is 66.9 Å². The number of anilines is 2. The zero-order valence-corrected chi connectivity index (χ0v) is 23.6. The maximum absolute atomic E-state index is 14.1. The molecule has 0 unspecified atom stereocenters. The topological polar surface area (TPSA) is 115 Å². The quantitative estimate of drug-likeness (QED) is 0.184. The number of benzene rings is 3. The Balaban J connectivity index is 1.29. The Morgan fingerprint density at radius 3 is 2.64 bits per heavy atom. The van der Waals surface area contributed by atoms with Crippen LogP contribution in [-0.4, -0.2) is 46.0 Å². The molecule has 0 spiro atoms. The minimum Gasteiger partial charge on any atom is -0.485 e. The summed E-state index contributed by atoms with van der Waals surface area (Å²) in [6.07, 6.45) is 0.545. The second kappa shape index (κ2) is 11.8. The minimum atomic E-state index is -2.70. The number of carbonyl (C=O) groups is 2. The highest BCUT2D eigenvalue weighted by Crippen LogP contribution is 2.36. The van der Waals surface area contributed by atoms with Crippen LogP contribution >= 0.6 is 0 Å². The molecule has 1 amide bonds. The number of aryl methyl sites for hydroxylation is 1. The second-order valence-corrected chi connectivity index (χ2v) is 10.5. The van der Waals surface area contributed by atoms with Crippen LogP contribution in [-0.2, 0) is 4.79 Å². The van der Waals surface area contributed by atoms with Gasteiger partial charge in [-0.3, -0.25) is 9.59 Å². The van der Waals surface area contributed by atoms with Gasteiger partial charge in [0.2, 0.25) is 11.7 Å². The highest BCUT2D eigenvalue weighted by atomic mass is 19.3. The van der Waals surface area contributed by atoms with Gasteiger partial charge in [-0.25, -0.2) is 17.9 Å². The normalized spacial score (nSPS) is 13.6. The van der Waals surface area contributed by atoms with Crippen LogP contribution in [0.4, 0.5) is 24.7 Å². The van der Waals surface area contributed by atoms with E-state index in [1.165, 1.54) is 27.9 Å². The summed E-state index contributed by atoms with van der Waals surface area (Å²) in [7, 11) is 0. The number of ether oxygens (including phenoxy) is 2. The number of hydrogen-bond acceptors (Lipinski definition) is 6. The van der Waals surface area contributed by atoms with Crippen molar-refractivity contribution in [3.8, 4) is 22.9 Å². The minimum absolute atomic E-state index is 0.0931. The highest BCUT2D eigenvalue weighted by Gasteiger charge is 2.26. The van der Waals surface area contributed by atoms with Crippen LogP contribution in [0.1, 0.15) is 40.9 Å². The van der Waals surface area contributed by atoms with E-state index in [2.05, 4.69) is 10.1 Å². The number of fused-ring (bicyclic) bond motifs is 1. The molecule has 0 atom stereocenters. The number of para-hydroxylation sites is 1. The van der Waals surface area contributed by atoms with Crippen molar-refractivity contribution < 1.29 is 32.2 Å². The molecule has 3 aromatic carbocycles. The van der Waals surface area contributed by atoms with Crippen molar-refractivity contribution in [3.05, 3.63) is 89.5 Å². The van der Waals surface area contributed by atoms with Gasteiger partial charge in [-0.05, 0) is 73.9 Å². The summed E-state index contributed by atoms with van der Waals surface area (Å²) in [4.78, 5) is 30.8. The number of hydrogen-bond donors (Lipinski definition) is 2. The molecule has 3 N–H and O–H groups in total. The number of piperidine rings is 1. The fourth-order valence-corrected chi connectivity index (χ4v) is 5.22. The Kier molecular flexibility index (Phi) is 7.73. The molecular weight excluding hydrogens is 575 g/mol. The standard InChI is InChI=1S/C32H28F3N5O4/c1-18-12-20(9-10-26(18)44-27-7-3-2-6-22(27)33)40-32(36)21(16-37-40)31(42)24-13-19-14-28(43-17-29(34)35)25(15-23(19)38-24)39-11-5-4-8-30(39)41/h2-3,6-7,9-10,12-16,29,38H,4-5,8,11,17,36H2,1H3. The highest BCUT2D eigenvalue weighted by molar-refractivity contribution is 6.13. The molecule has 0 radical (unpaired) electrons. The molecule has 12 heteroatoms. The van der Waals surface area contributed by atoms with Gasteiger partial charge in [0.15, 0.2) is 11.6 Å². The Morgan fingerprint density at radius 2 is 1.89 bits per heavy atom. The summed E-state index contributed by atoms with van der Waals surface area (Å²) in [5.41, 5.74) is 8.86. The van der Waals surface area contributed by atoms with Gasteiger partial charge in [-0.1, -0.05) is 12.1 Å². The lowest BCUT2D eigenvalue weighted by Crippen LogP contribution is -2.35. The first-order valence-electron chi connectivity index (χ1n) is 14.0. The van der Waals surface area contributed by atoms with Crippen molar-refractivity contribution in [3.63, 3.8) is 0 Å². The lowest BCUT2D eigenvalue weighted by Gasteiger charge is -2.28. The van der Waals surface area contributed by atoms with E-state index in [1.54, 1.807) is 55.5 Å². The molecule has 5 aromatic rings. The van der Waals surface area contributed by atoms with Crippen molar-refractivity contribution in [1.29, 1.82) is 0 Å². The van der Waals surface area contributed by atoms with Crippen molar-refractivity contribution in [2.24, 2.45) is 0 Å². The van der Waals surface area contributed by atoms with Gasteiger partial charge in [-0.15, -0.1) is 0 Å². The molecule has 226 valence electrons. The number of amides is 1. The van der Waals surface area contributed by atoms with Crippen LogP contribution < -0.4 is 20.1 Å². The van der Waals surface area contributed by atoms with E-state index in [9.17, 15) is 22.8 Å². The van der Waals surface area contributed by atoms with Crippen molar-refractivity contribution in [2.45, 2.75) is 32.6 Å². The monoisotopic (exact) mass is 603 g/mol. The van der Waals surface area contributed by atoms with E-state index in [1.807, 2.05) is 0 Å². The third-order valence-corrected chi connectivity index (χ3v) is 7.43. The first-order chi connectivity index (χ1) is 21.2. The van der Waals surface area contributed by atoms with E-state index < -0.39 is 24.6 Å². The zero-order chi connectivity index (χ0) is 31.0. The predicted molar refractivity (Wildman–Crippen MR) is 159 cm³/mol. The second-order valence-electron chi connectivity index (χ2n) is 10.5. The summed E-state index contributed by atoms with van der Waals surface area (Å²) < 4.78 is 52.6. The van der Waals surface area contributed by atoms with Crippen LogP contribution in [0.3, 0.4) is 0 Å². The van der Waals surface area contributed by atoms with Crippen LogP contribution in [0.5, 0.6) is 17.2 Å². The molecule has 44 heavy (non-hydrogen) atoms. The number of nitrogens with zero attached hydrogens (tertiary/aromatic N) is 3. The SMILES string of the molecule is Cc1cc(-n2ncc(C(=O)c3cc4cc(OCC(F)F)c(N5CCCCC5=O)cc4[nH]3)c2N)ccc1Oc1ccccc1F. The molecule has 1 fully saturated rings. The third kappa shape index (κ3) is 5.58. The molecule has 1 aliphatic heterocycles. The molecule has 3 heterocycles. The number of ketones is 1. The molecule has 0 aliphatic carbocycles. The van der Waals surface area contributed by atoms with Gasteiger partial charge < -0.3 is 25.1 Å². The lowest BCUT2D eigenvalue weighted by molar-refractivity contribution is -0.119. The molecule has 1 saturated heterocycles. The zero-order valence-electron chi connectivity index (χ0n) is 23.6. The summed E-state index contributed by atoms with van der Waals surface area (Å²) in [5, 5.41) is 4.85. The van der Waals surface area contributed by atoms with Crippen LogP contribution in [0.2, 0.25) is 0 Å². The molecule has 1 aliphatic rings. The van der Waals surface area contributed by atoms with Gasteiger partial charge in [0.05, 0.1) is 28.8 Å². The molecule has 0 saturated carbocycles. The first kappa shape index (κ1) is 28.8. The van der Waals surface area contributed by atoms with Crippen LogP contribution in [0.25, 0.3) is 16.6 Å². The number of carbonyl (C=O) groups excluding carboxylic acids is 2. The largest absolute Gasteiger partial charge is 0.485 e. The fraction of sp³-hybridized carbons (Fsp3) is 0.219. The van der Waals surface area contributed by atoms with Gasteiger partial charge in [-0.2, -0.15) is 5.10 Å². The lowest BCUT2D eigenvalue weighted by atomic mass is 10.1. The number of aromatic amines is 1. The molecule has 6 rings (SSSR count). The van der Waals surface area contributed by atoms with Crippen molar-refractivity contribution in [1.82, 2.24) is 14.8 Å². The number of nitrogens with one attached hydrogen (secondary N) is 1. The molecule has 2 aromatic heterocycles. The van der Waals surface area contributed by atoms with Crippen molar-refractivity contribution in [2.75, 3.05) is 23.8 Å². The Morgan fingerprint density at radius 1 is 1.07 bits per heavy atom. The molecule has 9 nitrogen and oxygen atoms in total. The van der Waals surface area contributed by atoms with Gasteiger partial charge in [0, 0.05) is 23.9 Å². The third-order valence-electron chi connectivity index (χ3n) is 7.43. The van der Waals surface area contributed by atoms with E-state index in [0.717, 1.165) is 12.8 Å². The number of nitrogens with two attached hydrogens (primary N) is 1. The summed E-state index contributed by atoms with van der Waals surface area (Å²) in [6.45, 7) is 1.40. The Bertz CT molecular complexity index is 1880. The number of aromatic nitrogens is 3. The molecular formula is C32H28F3N5O4. The van der Waals surface area contributed by atoms with Gasteiger partial charge in [0.25, 0.3) is 6.43 Å². The number of rotatable bonds is 9. The average molecular weight is 604 g/mol. The number of H-pyrrole nitrogens is 1. The maximum Gasteiger partial charge on any atom is 0.272 e. The number of nitrogen functional groups attached to an aromatic ring is 1. The fourth-order valence-electron chi connectivity index (χ4n) is 5.22. The molecule has 0 bridgehead atoms. The number of alkyl halides is 2. The first-order valence-corrected chi connectivity index (χ1v) is 14.0. The average Bonchev–Trinajstić information content (AvgIpc) is 3.60. The summed E-state index contributed by atoms with van der Waals surface area (Å²) >= 11 is 0. The van der Waals surface area contributed by atoms with E-state index in [4.69, 9.17) is 15.2 Å². The maximum atomic E-state index is 14.1. The van der Waals surface area contributed by atoms with E-state index in [0.29, 0.717) is 46.6 Å². The Hall–Kier alpha value is -5.26. The smallest absolute Gasteiger partial charge is 0.272 e.